The number of nitrogens with one attached hydrogen (secondary N) is 1. The van der Waals surface area contributed by atoms with Gasteiger partial charge in [0.2, 0.25) is 11.8 Å². The minimum Gasteiger partial charge on any atom is -0.455 e. The summed E-state index contributed by atoms with van der Waals surface area (Å²) in [7, 11) is 0. The molecule has 0 saturated heterocycles. The van der Waals surface area contributed by atoms with E-state index in [0.29, 0.717) is 17.2 Å². The molecule has 0 radical (unpaired) electrons. The van der Waals surface area contributed by atoms with Gasteiger partial charge < -0.3 is 15.8 Å². The number of amides is 2. The molecule has 0 aromatic heterocycles. The summed E-state index contributed by atoms with van der Waals surface area (Å²) in [5.74, 6) is 0.531. The smallest absolute Gasteiger partial charge is 0.238 e. The molecular formula is C19H23N3O3. The van der Waals surface area contributed by atoms with E-state index in [9.17, 15) is 9.59 Å². The molecule has 3 N–H and O–H groups in total. The zero-order valence-electron chi connectivity index (χ0n) is 14.4. The van der Waals surface area contributed by atoms with Crippen molar-refractivity contribution in [2.45, 2.75) is 19.9 Å². The Bertz CT molecular complexity index is 717. The number of para-hydroxylation sites is 3. The van der Waals surface area contributed by atoms with E-state index in [1.807, 2.05) is 56.3 Å². The number of nitrogens with two attached hydrogens (primary N) is 1. The minimum absolute atomic E-state index is 0.0223. The molecule has 2 aromatic carbocycles. The van der Waals surface area contributed by atoms with Crippen molar-refractivity contribution in [2.24, 2.45) is 5.73 Å². The number of rotatable bonds is 8. The Hall–Kier alpha value is -2.86. The Morgan fingerprint density at radius 3 is 2.32 bits per heavy atom. The lowest BCUT2D eigenvalue weighted by atomic mass is 10.2. The first kappa shape index (κ1) is 18.5. The zero-order valence-corrected chi connectivity index (χ0v) is 14.4. The van der Waals surface area contributed by atoms with Crippen LogP contribution >= 0.6 is 0 Å². The second-order valence-corrected chi connectivity index (χ2v) is 5.92. The maximum atomic E-state index is 12.4. The molecule has 0 bridgehead atoms. The molecule has 0 spiro atoms. The van der Waals surface area contributed by atoms with Crippen molar-refractivity contribution in [3.8, 4) is 11.5 Å². The second kappa shape index (κ2) is 8.84. The highest BCUT2D eigenvalue weighted by atomic mass is 16.5. The Morgan fingerprint density at radius 2 is 1.68 bits per heavy atom. The van der Waals surface area contributed by atoms with Crippen LogP contribution in [0.15, 0.2) is 54.6 Å². The van der Waals surface area contributed by atoms with Gasteiger partial charge in [-0.15, -0.1) is 0 Å². The van der Waals surface area contributed by atoms with Crippen LogP contribution in [0.5, 0.6) is 11.5 Å². The molecule has 0 unspecified atom stereocenters. The third-order valence-electron chi connectivity index (χ3n) is 3.57. The van der Waals surface area contributed by atoms with Gasteiger partial charge in [0.05, 0.1) is 18.8 Å². The van der Waals surface area contributed by atoms with Gasteiger partial charge in [-0.05, 0) is 38.1 Å². The first-order valence-corrected chi connectivity index (χ1v) is 8.10. The Morgan fingerprint density at radius 1 is 1.04 bits per heavy atom. The molecular weight excluding hydrogens is 318 g/mol. The van der Waals surface area contributed by atoms with Crippen LogP contribution < -0.4 is 15.8 Å². The van der Waals surface area contributed by atoms with Gasteiger partial charge in [-0.2, -0.15) is 0 Å². The fourth-order valence-electron chi connectivity index (χ4n) is 2.27. The van der Waals surface area contributed by atoms with Gasteiger partial charge >= 0.3 is 0 Å². The van der Waals surface area contributed by atoms with E-state index in [0.717, 1.165) is 0 Å². The SMILES string of the molecule is CC(C)N(CC(N)=O)CC(=O)Nc1ccccc1Oc1ccccc1. The molecule has 25 heavy (non-hydrogen) atoms. The topological polar surface area (TPSA) is 84.7 Å². The highest BCUT2D eigenvalue weighted by molar-refractivity contribution is 5.94. The Balaban J connectivity index is 2.06. The van der Waals surface area contributed by atoms with E-state index in [2.05, 4.69) is 5.32 Å². The fourth-order valence-corrected chi connectivity index (χ4v) is 2.27. The number of primary amides is 1. The summed E-state index contributed by atoms with van der Waals surface area (Å²) < 4.78 is 5.82. The van der Waals surface area contributed by atoms with Gasteiger partial charge in [0, 0.05) is 6.04 Å². The van der Waals surface area contributed by atoms with Crippen LogP contribution in [0.3, 0.4) is 0 Å². The number of benzene rings is 2. The summed E-state index contributed by atoms with van der Waals surface area (Å²) in [6.07, 6.45) is 0. The van der Waals surface area contributed by atoms with Gasteiger partial charge in [0.25, 0.3) is 0 Å². The monoisotopic (exact) mass is 341 g/mol. The molecule has 0 aliphatic heterocycles. The van der Waals surface area contributed by atoms with Crippen LogP contribution in [0.2, 0.25) is 0 Å². The number of carbonyl (C=O) groups excluding carboxylic acids is 2. The minimum atomic E-state index is -0.464. The molecule has 132 valence electrons. The van der Waals surface area contributed by atoms with Crippen molar-refractivity contribution in [1.82, 2.24) is 4.90 Å². The van der Waals surface area contributed by atoms with Crippen molar-refractivity contribution < 1.29 is 14.3 Å². The highest BCUT2D eigenvalue weighted by Crippen LogP contribution is 2.29. The zero-order chi connectivity index (χ0) is 18.2. The van der Waals surface area contributed by atoms with Gasteiger partial charge in [-0.1, -0.05) is 30.3 Å². The number of hydrogen-bond donors (Lipinski definition) is 2. The molecule has 2 rings (SSSR count). The quantitative estimate of drug-likeness (QED) is 0.773. The van der Waals surface area contributed by atoms with Crippen molar-refractivity contribution in [3.05, 3.63) is 54.6 Å². The maximum absolute atomic E-state index is 12.4. The van der Waals surface area contributed by atoms with Crippen molar-refractivity contribution in [1.29, 1.82) is 0 Å². The summed E-state index contributed by atoms with van der Waals surface area (Å²) >= 11 is 0. The third kappa shape index (κ3) is 5.93. The molecule has 0 saturated carbocycles. The van der Waals surface area contributed by atoms with E-state index in [1.165, 1.54) is 0 Å². The predicted octanol–water partition coefficient (Wildman–Crippen LogP) is 2.61. The van der Waals surface area contributed by atoms with Crippen LogP contribution in [0.1, 0.15) is 13.8 Å². The average molecular weight is 341 g/mol. The Labute approximate surface area is 147 Å². The predicted molar refractivity (Wildman–Crippen MR) is 97.5 cm³/mol. The molecule has 0 aliphatic rings. The summed E-state index contributed by atoms with van der Waals surface area (Å²) in [4.78, 5) is 25.2. The van der Waals surface area contributed by atoms with Crippen LogP contribution in [0.25, 0.3) is 0 Å². The number of anilines is 1. The first-order valence-electron chi connectivity index (χ1n) is 8.10. The van der Waals surface area contributed by atoms with Crippen LogP contribution in [-0.2, 0) is 9.59 Å². The van der Waals surface area contributed by atoms with Crippen LogP contribution in [0.4, 0.5) is 5.69 Å². The molecule has 6 heteroatoms. The van der Waals surface area contributed by atoms with Crippen molar-refractivity contribution in [2.75, 3.05) is 18.4 Å². The molecule has 2 amide bonds. The fraction of sp³-hybridized carbons (Fsp3) is 0.263. The van der Waals surface area contributed by atoms with Crippen molar-refractivity contribution in [3.63, 3.8) is 0 Å². The van der Waals surface area contributed by atoms with E-state index in [4.69, 9.17) is 10.5 Å². The normalized spacial score (nSPS) is 10.7. The van der Waals surface area contributed by atoms with Gasteiger partial charge in [0.1, 0.15) is 5.75 Å². The number of nitrogens with zero attached hydrogens (tertiary/aromatic N) is 1. The van der Waals surface area contributed by atoms with E-state index >= 15 is 0 Å². The summed E-state index contributed by atoms with van der Waals surface area (Å²) in [5, 5.41) is 2.83. The lowest BCUT2D eigenvalue weighted by molar-refractivity contribution is -0.121. The van der Waals surface area contributed by atoms with E-state index < -0.39 is 5.91 Å². The standard InChI is InChI=1S/C19H23N3O3/c1-14(2)22(12-18(20)23)13-19(24)21-16-10-6-7-11-17(16)25-15-8-4-3-5-9-15/h3-11,14H,12-13H2,1-2H3,(H2,20,23)(H,21,24). The summed E-state index contributed by atoms with van der Waals surface area (Å²) in [6, 6.07) is 16.6. The van der Waals surface area contributed by atoms with Gasteiger partial charge in [-0.25, -0.2) is 0 Å². The number of ether oxygens (including phenoxy) is 1. The highest BCUT2D eigenvalue weighted by Gasteiger charge is 2.17. The summed E-state index contributed by atoms with van der Waals surface area (Å²) in [5.41, 5.74) is 5.81. The third-order valence-corrected chi connectivity index (χ3v) is 3.57. The molecule has 0 heterocycles. The number of hydrogen-bond acceptors (Lipinski definition) is 4. The van der Waals surface area contributed by atoms with Crippen LogP contribution in [0, 0.1) is 0 Å². The van der Waals surface area contributed by atoms with Gasteiger partial charge in [-0.3, -0.25) is 14.5 Å². The van der Waals surface area contributed by atoms with Crippen LogP contribution in [-0.4, -0.2) is 35.8 Å². The average Bonchev–Trinajstić information content (AvgIpc) is 2.56. The largest absolute Gasteiger partial charge is 0.455 e. The first-order chi connectivity index (χ1) is 12.0. The molecule has 0 fully saturated rings. The Kier molecular flexibility index (Phi) is 6.54. The van der Waals surface area contributed by atoms with E-state index in [-0.39, 0.29) is 25.0 Å². The van der Waals surface area contributed by atoms with Gasteiger partial charge in [0.15, 0.2) is 5.75 Å². The molecule has 0 atom stereocenters. The van der Waals surface area contributed by atoms with Crippen molar-refractivity contribution >= 4 is 17.5 Å². The van der Waals surface area contributed by atoms with E-state index in [1.54, 1.807) is 17.0 Å². The summed E-state index contributed by atoms with van der Waals surface area (Å²) in [6.45, 7) is 3.92. The lowest BCUT2D eigenvalue weighted by Gasteiger charge is -2.24. The molecule has 0 aliphatic carbocycles. The lowest BCUT2D eigenvalue weighted by Crippen LogP contribution is -2.43. The second-order valence-electron chi connectivity index (χ2n) is 5.92. The molecule has 6 nitrogen and oxygen atoms in total. The molecule has 2 aromatic rings. The maximum Gasteiger partial charge on any atom is 0.238 e. The number of carbonyl (C=O) groups is 2.